The van der Waals surface area contributed by atoms with E-state index in [9.17, 15) is 29.3 Å². The van der Waals surface area contributed by atoms with Gasteiger partial charge in [-0.15, -0.1) is 0 Å². The van der Waals surface area contributed by atoms with Crippen molar-refractivity contribution in [2.45, 2.75) is 64.1 Å². The minimum absolute atomic E-state index is 0.0414. The van der Waals surface area contributed by atoms with Crippen molar-refractivity contribution in [3.05, 3.63) is 93.4 Å². The number of carboxylic acid groups (broad SMARTS) is 1. The first-order valence-corrected chi connectivity index (χ1v) is 14.2. The zero-order valence-corrected chi connectivity index (χ0v) is 23.9. The topological polar surface area (TPSA) is 149 Å². The quantitative estimate of drug-likeness (QED) is 0.186. The Morgan fingerprint density at radius 2 is 1.88 bits per heavy atom. The van der Waals surface area contributed by atoms with Gasteiger partial charge in [0.1, 0.15) is 5.82 Å². The average molecular weight is 588 g/mol. The maximum atomic E-state index is 14.0. The van der Waals surface area contributed by atoms with Gasteiger partial charge >= 0.3 is 11.7 Å². The van der Waals surface area contributed by atoms with Gasteiger partial charge in [-0.2, -0.15) is 0 Å². The molecule has 1 aliphatic carbocycles. The number of pyridine rings is 1. The van der Waals surface area contributed by atoms with Crippen LogP contribution in [0.2, 0.25) is 0 Å². The third-order valence-electron chi connectivity index (χ3n) is 7.69. The molecule has 5 rings (SSSR count). The number of aromatic nitrogens is 3. The average Bonchev–Trinajstić information content (AvgIpc) is 3.17. The third-order valence-corrected chi connectivity index (χ3v) is 7.69. The van der Waals surface area contributed by atoms with Gasteiger partial charge in [0, 0.05) is 17.5 Å². The number of hydrogen-bond donors (Lipinski definition) is 5. The van der Waals surface area contributed by atoms with E-state index in [0.717, 1.165) is 51.2 Å². The number of nitrogens with one attached hydrogen (secondary N) is 1. The molecule has 2 aromatic carbocycles. The van der Waals surface area contributed by atoms with Crippen LogP contribution >= 0.6 is 0 Å². The molecule has 0 unspecified atom stereocenters. The fourth-order valence-corrected chi connectivity index (χ4v) is 5.75. The molecule has 0 fully saturated rings. The van der Waals surface area contributed by atoms with Gasteiger partial charge in [-0.25, -0.2) is 13.8 Å². The molecule has 0 bridgehead atoms. The van der Waals surface area contributed by atoms with E-state index in [4.69, 9.17) is 10.1 Å². The lowest BCUT2D eigenvalue weighted by Crippen LogP contribution is -2.19. The fraction of sp³-hybridized carbons (Fsp3) is 0.303. The number of nitrogens with zero attached hydrogens (tertiary/aromatic N) is 2. The number of imidazole rings is 1. The van der Waals surface area contributed by atoms with Gasteiger partial charge in [-0.1, -0.05) is 44.2 Å². The minimum Gasteiger partial charge on any atom is -0.493 e. The summed E-state index contributed by atoms with van der Waals surface area (Å²) >= 11 is 0. The SMILES string of the molecule is CC(C)c1nc2c(c(-c3ccc(F)cc3)c1C=C[C@@H](O)C[C@@H](O)CC(=O)O)CCCc1cc(-n3c(O)c[nH]c3=O)ccc1-2. The van der Waals surface area contributed by atoms with Crippen molar-refractivity contribution in [3.8, 4) is 34.0 Å². The summed E-state index contributed by atoms with van der Waals surface area (Å²) in [7, 11) is 0. The molecule has 1 aliphatic rings. The second kappa shape index (κ2) is 12.4. The Balaban J connectivity index is 1.69. The summed E-state index contributed by atoms with van der Waals surface area (Å²) < 4.78 is 15.2. The highest BCUT2D eigenvalue weighted by atomic mass is 19.1. The van der Waals surface area contributed by atoms with Crippen molar-refractivity contribution < 1.29 is 29.6 Å². The molecule has 224 valence electrons. The van der Waals surface area contributed by atoms with Crippen molar-refractivity contribution in [2.75, 3.05) is 0 Å². The normalized spacial score (nSPS) is 14.4. The number of aryl methyl sites for hydroxylation is 1. The highest BCUT2D eigenvalue weighted by Crippen LogP contribution is 2.42. The van der Waals surface area contributed by atoms with Gasteiger partial charge in [0.15, 0.2) is 0 Å². The standard InChI is InChI=1S/C33H34FN3O6/c1-18(2)31-27(13-11-23(38)15-24(39)16-29(41)42)30(19-6-8-21(34)9-7-19)26-5-3-4-20-14-22(10-12-25(20)32(26)36-31)37-28(40)17-35-33(37)43/h6-14,17-18,23-24,38-40H,3-5,15-16H2,1-2H3,(H,35,43)(H,41,42)/t23-,24-/m1/s1. The minimum atomic E-state index is -1.20. The van der Waals surface area contributed by atoms with Crippen LogP contribution < -0.4 is 5.69 Å². The number of aromatic amines is 1. The second-order valence-electron chi connectivity index (χ2n) is 11.2. The molecule has 2 aromatic heterocycles. The number of hydrogen-bond acceptors (Lipinski definition) is 6. The maximum absolute atomic E-state index is 14.0. The lowest BCUT2D eigenvalue weighted by Gasteiger charge is -2.22. The van der Waals surface area contributed by atoms with Gasteiger partial charge in [-0.05, 0) is 71.7 Å². The first-order valence-electron chi connectivity index (χ1n) is 14.2. The smallest absolute Gasteiger partial charge is 0.333 e. The number of fused-ring (bicyclic) bond motifs is 3. The Hall–Kier alpha value is -4.54. The van der Waals surface area contributed by atoms with Crippen LogP contribution in [-0.2, 0) is 17.6 Å². The largest absolute Gasteiger partial charge is 0.493 e. The molecule has 0 saturated carbocycles. The van der Waals surface area contributed by atoms with Crippen molar-refractivity contribution in [2.24, 2.45) is 0 Å². The van der Waals surface area contributed by atoms with Gasteiger partial charge in [0.2, 0.25) is 5.88 Å². The number of benzene rings is 2. The molecule has 4 aromatic rings. The predicted octanol–water partition coefficient (Wildman–Crippen LogP) is 4.95. The van der Waals surface area contributed by atoms with Crippen LogP contribution in [0.5, 0.6) is 5.88 Å². The number of carbonyl (C=O) groups is 1. The summed E-state index contributed by atoms with van der Waals surface area (Å²) in [5, 5.41) is 39.8. The van der Waals surface area contributed by atoms with Gasteiger partial charge < -0.3 is 25.4 Å². The molecular formula is C33H34FN3O6. The van der Waals surface area contributed by atoms with Crippen LogP contribution in [0.4, 0.5) is 4.39 Å². The summed E-state index contributed by atoms with van der Waals surface area (Å²) in [5.74, 6) is -1.75. The number of aromatic hydroxyl groups is 1. The van der Waals surface area contributed by atoms with Crippen molar-refractivity contribution >= 4 is 12.0 Å². The molecule has 0 spiro atoms. The van der Waals surface area contributed by atoms with Crippen LogP contribution in [0, 0.1) is 5.82 Å². The predicted molar refractivity (Wildman–Crippen MR) is 161 cm³/mol. The molecular weight excluding hydrogens is 553 g/mol. The Morgan fingerprint density at radius 1 is 1.14 bits per heavy atom. The zero-order chi connectivity index (χ0) is 30.8. The lowest BCUT2D eigenvalue weighted by molar-refractivity contribution is -0.139. The number of carboxylic acids is 1. The van der Waals surface area contributed by atoms with E-state index in [-0.39, 0.29) is 24.0 Å². The monoisotopic (exact) mass is 587 g/mol. The number of aliphatic hydroxyl groups excluding tert-OH is 2. The van der Waals surface area contributed by atoms with Crippen molar-refractivity contribution in [1.29, 1.82) is 0 Å². The lowest BCUT2D eigenvalue weighted by atomic mass is 9.86. The Labute approximate surface area is 247 Å². The molecule has 0 radical (unpaired) electrons. The number of halogens is 1. The summed E-state index contributed by atoms with van der Waals surface area (Å²) in [5.41, 5.74) is 6.86. The van der Waals surface area contributed by atoms with Crippen LogP contribution in [0.3, 0.4) is 0 Å². The number of aliphatic carboxylic acids is 1. The zero-order valence-electron chi connectivity index (χ0n) is 23.9. The second-order valence-corrected chi connectivity index (χ2v) is 11.2. The highest BCUT2D eigenvalue weighted by molar-refractivity contribution is 5.86. The van der Waals surface area contributed by atoms with Gasteiger partial charge in [0.25, 0.3) is 0 Å². The summed E-state index contributed by atoms with van der Waals surface area (Å²) in [6, 6.07) is 11.8. The molecule has 43 heavy (non-hydrogen) atoms. The third kappa shape index (κ3) is 6.30. The molecule has 0 aliphatic heterocycles. The van der Waals surface area contributed by atoms with Crippen LogP contribution in [0.25, 0.3) is 34.1 Å². The first kappa shape index (κ1) is 29.9. The van der Waals surface area contributed by atoms with Gasteiger partial charge in [-0.3, -0.25) is 9.78 Å². The fourth-order valence-electron chi connectivity index (χ4n) is 5.75. The summed E-state index contributed by atoms with van der Waals surface area (Å²) in [6.45, 7) is 4.02. The van der Waals surface area contributed by atoms with E-state index in [0.29, 0.717) is 18.5 Å². The molecule has 5 N–H and O–H groups in total. The number of H-pyrrole nitrogens is 1. The van der Waals surface area contributed by atoms with Crippen LogP contribution in [-0.4, -0.2) is 53.1 Å². The summed E-state index contributed by atoms with van der Waals surface area (Å²) in [6.07, 6.45) is 3.76. The van der Waals surface area contributed by atoms with E-state index in [1.807, 2.05) is 26.0 Å². The summed E-state index contributed by atoms with van der Waals surface area (Å²) in [4.78, 5) is 30.9. The van der Waals surface area contributed by atoms with Crippen molar-refractivity contribution in [1.82, 2.24) is 14.5 Å². The molecule has 2 heterocycles. The first-order chi connectivity index (χ1) is 20.5. The van der Waals surface area contributed by atoms with Crippen LogP contribution in [0.1, 0.15) is 61.4 Å². The molecule has 2 atom stereocenters. The maximum Gasteiger partial charge on any atom is 0.333 e. The van der Waals surface area contributed by atoms with Crippen LogP contribution in [0.15, 0.2) is 59.5 Å². The van der Waals surface area contributed by atoms with Crippen molar-refractivity contribution in [3.63, 3.8) is 0 Å². The Kier molecular flexibility index (Phi) is 8.61. The van der Waals surface area contributed by atoms with E-state index in [1.165, 1.54) is 29.0 Å². The molecule has 9 nitrogen and oxygen atoms in total. The Bertz CT molecular complexity index is 1740. The number of aliphatic hydroxyl groups is 2. The highest BCUT2D eigenvalue weighted by Gasteiger charge is 2.26. The molecule has 10 heteroatoms. The molecule has 0 saturated heterocycles. The van der Waals surface area contributed by atoms with E-state index in [2.05, 4.69) is 4.98 Å². The number of rotatable bonds is 9. The van der Waals surface area contributed by atoms with E-state index < -0.39 is 30.3 Å². The van der Waals surface area contributed by atoms with Gasteiger partial charge in [0.05, 0.1) is 41.9 Å². The van der Waals surface area contributed by atoms with E-state index in [1.54, 1.807) is 24.3 Å². The molecule has 0 amide bonds. The van der Waals surface area contributed by atoms with E-state index >= 15 is 0 Å². The Morgan fingerprint density at radius 3 is 2.53 bits per heavy atom.